The molecule has 0 aliphatic carbocycles. The van der Waals surface area contributed by atoms with Gasteiger partial charge >= 0.3 is 5.97 Å². The molecule has 0 atom stereocenters. The van der Waals surface area contributed by atoms with Crippen LogP contribution in [-0.4, -0.2) is 23.3 Å². The van der Waals surface area contributed by atoms with E-state index in [1.54, 1.807) is 0 Å². The third-order valence-electron chi connectivity index (χ3n) is 2.43. The van der Waals surface area contributed by atoms with E-state index >= 15 is 0 Å². The quantitative estimate of drug-likeness (QED) is 0.923. The van der Waals surface area contributed by atoms with Crippen LogP contribution in [0.25, 0.3) is 11.3 Å². The number of ether oxygens (including phenoxy) is 1. The van der Waals surface area contributed by atoms with Gasteiger partial charge in [0.25, 0.3) is 0 Å². The van der Waals surface area contributed by atoms with Gasteiger partial charge in [-0.2, -0.15) is 0 Å². The summed E-state index contributed by atoms with van der Waals surface area (Å²) in [4.78, 5) is 10.6. The molecule has 0 radical (unpaired) electrons. The third-order valence-corrected chi connectivity index (χ3v) is 2.43. The van der Waals surface area contributed by atoms with Crippen LogP contribution in [0.4, 0.5) is 8.78 Å². The molecule has 0 aliphatic rings. The van der Waals surface area contributed by atoms with Crippen molar-refractivity contribution in [1.82, 2.24) is 5.16 Å². The molecular weight excluding hydrogens is 260 g/mol. The molecule has 0 bridgehead atoms. The summed E-state index contributed by atoms with van der Waals surface area (Å²) in [6.07, 6.45) is 0. The first-order valence-electron chi connectivity index (χ1n) is 5.20. The second-order valence-electron chi connectivity index (χ2n) is 3.74. The van der Waals surface area contributed by atoms with Gasteiger partial charge in [0.2, 0.25) is 5.76 Å². The number of hydrogen-bond donors (Lipinski definition) is 1. The maximum absolute atomic E-state index is 13.8. The van der Waals surface area contributed by atoms with E-state index in [1.807, 2.05) is 0 Å². The zero-order chi connectivity index (χ0) is 14.0. The minimum atomic E-state index is -1.34. The lowest BCUT2D eigenvalue weighted by atomic mass is 10.1. The summed E-state index contributed by atoms with van der Waals surface area (Å²) in [6, 6.07) is 2.92. The molecule has 2 rings (SSSR count). The highest BCUT2D eigenvalue weighted by Gasteiger charge is 2.17. The maximum atomic E-state index is 13.8. The predicted octanol–water partition coefficient (Wildman–Crippen LogP) is 2.46. The Balaban J connectivity index is 2.44. The summed E-state index contributed by atoms with van der Waals surface area (Å²) in [6.45, 7) is -0.0672. The average Bonchev–Trinajstić information content (AvgIpc) is 2.83. The zero-order valence-electron chi connectivity index (χ0n) is 9.81. The van der Waals surface area contributed by atoms with Crippen LogP contribution in [-0.2, 0) is 11.3 Å². The van der Waals surface area contributed by atoms with E-state index in [4.69, 9.17) is 9.84 Å². The van der Waals surface area contributed by atoms with Crippen molar-refractivity contribution in [2.45, 2.75) is 6.61 Å². The minimum Gasteiger partial charge on any atom is -0.475 e. The average molecular weight is 269 g/mol. The predicted molar refractivity (Wildman–Crippen MR) is 59.5 cm³/mol. The van der Waals surface area contributed by atoms with E-state index in [0.29, 0.717) is 0 Å². The van der Waals surface area contributed by atoms with E-state index in [9.17, 15) is 13.6 Å². The number of hydrogen-bond acceptors (Lipinski definition) is 4. The van der Waals surface area contributed by atoms with Crippen molar-refractivity contribution in [2.24, 2.45) is 0 Å². The Labute approximate surface area is 106 Å². The molecule has 1 aromatic carbocycles. The van der Waals surface area contributed by atoms with Crippen LogP contribution in [0.2, 0.25) is 0 Å². The molecule has 0 spiro atoms. The third kappa shape index (κ3) is 2.60. The number of rotatable bonds is 4. The molecule has 1 aromatic heterocycles. The molecular formula is C12H9F2NO4. The van der Waals surface area contributed by atoms with Crippen molar-refractivity contribution in [3.63, 3.8) is 0 Å². The highest BCUT2D eigenvalue weighted by atomic mass is 19.1. The second kappa shape index (κ2) is 5.15. The Morgan fingerprint density at radius 2 is 2.11 bits per heavy atom. The Kier molecular flexibility index (Phi) is 3.57. The lowest BCUT2D eigenvalue weighted by Gasteiger charge is -2.05. The van der Waals surface area contributed by atoms with Crippen molar-refractivity contribution in [2.75, 3.05) is 7.11 Å². The van der Waals surface area contributed by atoms with Crippen molar-refractivity contribution in [3.05, 3.63) is 41.2 Å². The smallest absolute Gasteiger partial charge is 0.374 e. The number of benzene rings is 1. The molecule has 2 aromatic rings. The summed E-state index contributed by atoms with van der Waals surface area (Å²) in [5, 5.41) is 12.1. The van der Waals surface area contributed by atoms with Gasteiger partial charge in [-0.1, -0.05) is 5.16 Å². The number of aromatic carboxylic acids is 1. The fraction of sp³-hybridized carbons (Fsp3) is 0.167. The molecule has 0 saturated carbocycles. The highest BCUT2D eigenvalue weighted by Crippen LogP contribution is 2.25. The van der Waals surface area contributed by atoms with Gasteiger partial charge in [0.15, 0.2) is 0 Å². The molecule has 0 fully saturated rings. The number of aromatic nitrogens is 1. The number of carboxylic acids is 1. The van der Waals surface area contributed by atoms with Crippen LogP contribution < -0.4 is 0 Å². The first-order chi connectivity index (χ1) is 9.02. The summed E-state index contributed by atoms with van der Waals surface area (Å²) in [5.74, 6) is -3.19. The van der Waals surface area contributed by atoms with Gasteiger partial charge in [0.05, 0.1) is 6.61 Å². The van der Waals surface area contributed by atoms with E-state index < -0.39 is 23.4 Å². The number of carboxylic acid groups (broad SMARTS) is 1. The fourth-order valence-electron chi connectivity index (χ4n) is 1.55. The second-order valence-corrected chi connectivity index (χ2v) is 3.74. The number of carbonyl (C=O) groups is 1. The molecule has 0 unspecified atom stereocenters. The standard InChI is InChI=1S/C12H9F2NO4/c1-18-5-6-2-9(14)7(3-8(6)13)10-4-11(12(16)17)19-15-10/h2-4H,5H2,1H3,(H,16,17). The van der Waals surface area contributed by atoms with Crippen LogP contribution in [0.15, 0.2) is 22.7 Å². The van der Waals surface area contributed by atoms with Crippen molar-refractivity contribution in [1.29, 1.82) is 0 Å². The van der Waals surface area contributed by atoms with Gasteiger partial charge in [0, 0.05) is 24.3 Å². The zero-order valence-corrected chi connectivity index (χ0v) is 9.81. The lowest BCUT2D eigenvalue weighted by molar-refractivity contribution is 0.0652. The molecule has 1 N–H and O–H groups in total. The molecule has 0 saturated heterocycles. The van der Waals surface area contributed by atoms with Crippen LogP contribution in [0, 0.1) is 11.6 Å². The Morgan fingerprint density at radius 3 is 2.68 bits per heavy atom. The highest BCUT2D eigenvalue weighted by molar-refractivity contribution is 5.85. The molecule has 7 heteroatoms. The van der Waals surface area contributed by atoms with Crippen molar-refractivity contribution < 1.29 is 27.9 Å². The summed E-state index contributed by atoms with van der Waals surface area (Å²) < 4.78 is 36.7. The van der Waals surface area contributed by atoms with E-state index in [2.05, 4.69) is 9.68 Å². The van der Waals surface area contributed by atoms with Gasteiger partial charge < -0.3 is 14.4 Å². The number of halogens is 2. The van der Waals surface area contributed by atoms with Crippen LogP contribution in [0.1, 0.15) is 16.1 Å². The van der Waals surface area contributed by atoms with E-state index in [0.717, 1.165) is 18.2 Å². The molecule has 0 amide bonds. The van der Waals surface area contributed by atoms with Gasteiger partial charge in [-0.25, -0.2) is 13.6 Å². The minimum absolute atomic E-state index is 0.0608. The van der Waals surface area contributed by atoms with Gasteiger partial charge in [-0.3, -0.25) is 0 Å². The Morgan fingerprint density at radius 1 is 1.37 bits per heavy atom. The lowest BCUT2D eigenvalue weighted by Crippen LogP contribution is -1.96. The van der Waals surface area contributed by atoms with Crippen LogP contribution in [0.5, 0.6) is 0 Å². The molecule has 1 heterocycles. The first kappa shape index (κ1) is 13.2. The fourth-order valence-corrected chi connectivity index (χ4v) is 1.55. The van der Waals surface area contributed by atoms with E-state index in [1.165, 1.54) is 7.11 Å². The number of nitrogens with zero attached hydrogens (tertiary/aromatic N) is 1. The van der Waals surface area contributed by atoms with Gasteiger partial charge in [-0.05, 0) is 12.1 Å². The molecule has 5 nitrogen and oxygen atoms in total. The normalized spacial score (nSPS) is 10.7. The van der Waals surface area contributed by atoms with E-state index in [-0.39, 0.29) is 23.4 Å². The van der Waals surface area contributed by atoms with Crippen molar-refractivity contribution >= 4 is 5.97 Å². The Bertz CT molecular complexity index is 624. The molecule has 100 valence electrons. The monoisotopic (exact) mass is 269 g/mol. The summed E-state index contributed by atoms with van der Waals surface area (Å²) >= 11 is 0. The maximum Gasteiger partial charge on any atom is 0.374 e. The van der Waals surface area contributed by atoms with Crippen molar-refractivity contribution in [3.8, 4) is 11.3 Å². The number of methoxy groups -OCH3 is 1. The molecule has 0 aliphatic heterocycles. The summed E-state index contributed by atoms with van der Waals surface area (Å²) in [7, 11) is 1.36. The first-order valence-corrected chi connectivity index (χ1v) is 5.20. The Hall–Kier alpha value is -2.28. The SMILES string of the molecule is COCc1cc(F)c(-c2cc(C(=O)O)on2)cc1F. The molecule has 19 heavy (non-hydrogen) atoms. The van der Waals surface area contributed by atoms with Gasteiger partial charge in [0.1, 0.15) is 17.3 Å². The topological polar surface area (TPSA) is 72.6 Å². The largest absolute Gasteiger partial charge is 0.475 e. The van der Waals surface area contributed by atoms with Crippen LogP contribution >= 0.6 is 0 Å². The van der Waals surface area contributed by atoms with Gasteiger partial charge in [-0.15, -0.1) is 0 Å². The summed E-state index contributed by atoms with van der Waals surface area (Å²) in [5.41, 5.74) is -0.197. The van der Waals surface area contributed by atoms with Crippen LogP contribution in [0.3, 0.4) is 0 Å².